The molecule has 5 rings (SSSR count). The Morgan fingerprint density at radius 2 is 1.33 bits per heavy atom. The maximum Gasteiger partial charge on any atom is 0.135 e. The van der Waals surface area contributed by atoms with Gasteiger partial charge < -0.3 is 4.74 Å². The van der Waals surface area contributed by atoms with Gasteiger partial charge in [-0.15, -0.1) is 0 Å². The highest BCUT2D eigenvalue weighted by Gasteiger charge is 2.34. The minimum Gasteiger partial charge on any atom is -0.457 e. The molecule has 0 saturated carbocycles. The van der Waals surface area contributed by atoms with Crippen molar-refractivity contribution in [1.29, 1.82) is 0 Å². The molecule has 0 spiro atoms. The summed E-state index contributed by atoms with van der Waals surface area (Å²) >= 11 is 0. The van der Waals surface area contributed by atoms with Crippen LogP contribution in [0.2, 0.25) is 0 Å². The summed E-state index contributed by atoms with van der Waals surface area (Å²) < 4.78 is 6.08. The molecule has 1 nitrogen and oxygen atoms in total. The van der Waals surface area contributed by atoms with E-state index in [1.807, 2.05) is 30.3 Å². The zero-order valence-corrected chi connectivity index (χ0v) is 11.9. The first-order chi connectivity index (χ1) is 10.3. The van der Waals surface area contributed by atoms with Crippen molar-refractivity contribution in [2.75, 3.05) is 0 Å². The number of aryl methyl sites for hydroxylation is 1. The maximum atomic E-state index is 6.08. The van der Waals surface area contributed by atoms with Gasteiger partial charge in [-0.2, -0.15) is 0 Å². The molecule has 3 aromatic rings. The van der Waals surface area contributed by atoms with Crippen LogP contribution < -0.4 is 4.74 Å². The lowest BCUT2D eigenvalue weighted by molar-refractivity contribution is 0.451. The van der Waals surface area contributed by atoms with E-state index in [0.29, 0.717) is 5.92 Å². The molecule has 0 fully saturated rings. The average molecular weight is 272 g/mol. The summed E-state index contributed by atoms with van der Waals surface area (Å²) in [5.74, 6) is 2.30. The van der Waals surface area contributed by atoms with E-state index in [1.165, 1.54) is 22.3 Å². The predicted octanol–water partition coefficient (Wildman–Crippen LogP) is 5.28. The SMILES string of the molecule is Cc1cc2c(Oc3ccccc3)c(c1)C2c1ccccc1. The van der Waals surface area contributed by atoms with Gasteiger partial charge in [0.15, 0.2) is 0 Å². The largest absolute Gasteiger partial charge is 0.457 e. The van der Waals surface area contributed by atoms with Gasteiger partial charge in [-0.05, 0) is 24.6 Å². The molecule has 0 aromatic heterocycles. The Morgan fingerprint density at radius 3 is 1.95 bits per heavy atom. The highest BCUT2D eigenvalue weighted by Crippen LogP contribution is 2.53. The van der Waals surface area contributed by atoms with Gasteiger partial charge in [0.05, 0.1) is 0 Å². The number of rotatable bonds is 3. The van der Waals surface area contributed by atoms with Crippen LogP contribution in [0.25, 0.3) is 0 Å². The molecular weight excluding hydrogens is 256 g/mol. The molecule has 0 saturated heterocycles. The van der Waals surface area contributed by atoms with E-state index < -0.39 is 0 Å². The van der Waals surface area contributed by atoms with Crippen LogP contribution in [-0.4, -0.2) is 0 Å². The monoisotopic (exact) mass is 272 g/mol. The number of benzene rings is 3. The van der Waals surface area contributed by atoms with E-state index in [9.17, 15) is 0 Å². The van der Waals surface area contributed by atoms with E-state index in [4.69, 9.17) is 4.74 Å². The molecule has 0 amide bonds. The first-order valence-electron chi connectivity index (χ1n) is 7.25. The standard InChI is InChI=1S/C20H16O/c1-14-12-17-19(15-8-4-2-5-9-15)18(13-14)20(17)21-16-10-6-3-7-11-16/h2-13,19H,1H3. The fraction of sp³-hybridized carbons (Fsp3) is 0.100. The molecular formula is C20H16O. The Labute approximate surface area is 124 Å². The second kappa shape index (κ2) is 4.78. The third-order valence-corrected chi connectivity index (χ3v) is 4.01. The van der Waals surface area contributed by atoms with Crippen LogP contribution in [0.15, 0.2) is 72.8 Å². The minimum absolute atomic E-state index is 0.369. The summed E-state index contributed by atoms with van der Waals surface area (Å²) in [4.78, 5) is 0. The fourth-order valence-electron chi connectivity index (χ4n) is 3.08. The second-order valence-electron chi connectivity index (χ2n) is 5.53. The first-order valence-corrected chi connectivity index (χ1v) is 7.25. The highest BCUT2D eigenvalue weighted by atomic mass is 16.5. The lowest BCUT2D eigenvalue weighted by Crippen LogP contribution is -2.17. The molecule has 2 aliphatic rings. The van der Waals surface area contributed by atoms with E-state index in [-0.39, 0.29) is 0 Å². The van der Waals surface area contributed by atoms with Gasteiger partial charge in [0.25, 0.3) is 0 Å². The molecule has 0 radical (unpaired) electrons. The van der Waals surface area contributed by atoms with Crippen LogP contribution in [-0.2, 0) is 0 Å². The summed E-state index contributed by atoms with van der Waals surface area (Å²) in [5, 5.41) is 0. The maximum absolute atomic E-state index is 6.08. The van der Waals surface area contributed by atoms with Crippen LogP contribution >= 0.6 is 0 Å². The quantitative estimate of drug-likeness (QED) is 0.493. The van der Waals surface area contributed by atoms with Gasteiger partial charge in [-0.25, -0.2) is 0 Å². The molecule has 102 valence electrons. The van der Waals surface area contributed by atoms with Crippen molar-refractivity contribution in [3.63, 3.8) is 0 Å². The van der Waals surface area contributed by atoms with Crippen molar-refractivity contribution in [2.24, 2.45) is 0 Å². The number of ether oxygens (including phenoxy) is 1. The van der Waals surface area contributed by atoms with Gasteiger partial charge in [-0.1, -0.05) is 66.2 Å². The van der Waals surface area contributed by atoms with Gasteiger partial charge in [0.2, 0.25) is 0 Å². The van der Waals surface area contributed by atoms with E-state index >= 15 is 0 Å². The van der Waals surface area contributed by atoms with Crippen LogP contribution in [0.1, 0.15) is 28.2 Å². The topological polar surface area (TPSA) is 9.23 Å². The summed E-state index contributed by atoms with van der Waals surface area (Å²) in [7, 11) is 0. The van der Waals surface area contributed by atoms with Crippen molar-refractivity contribution < 1.29 is 4.74 Å². The van der Waals surface area contributed by atoms with Crippen molar-refractivity contribution >= 4 is 0 Å². The average Bonchev–Trinajstić information content (AvgIpc) is 2.54. The zero-order valence-electron chi connectivity index (χ0n) is 11.9. The molecule has 2 bridgehead atoms. The van der Waals surface area contributed by atoms with E-state index in [0.717, 1.165) is 11.5 Å². The number of fused-ring (bicyclic) bond motifs is 2. The van der Waals surface area contributed by atoms with Crippen LogP contribution in [0.5, 0.6) is 11.5 Å². The number of hydrogen-bond acceptors (Lipinski definition) is 1. The summed E-state index contributed by atoms with van der Waals surface area (Å²) in [6.45, 7) is 2.14. The smallest absolute Gasteiger partial charge is 0.135 e. The van der Waals surface area contributed by atoms with Crippen molar-refractivity contribution in [2.45, 2.75) is 12.8 Å². The fourth-order valence-corrected chi connectivity index (χ4v) is 3.08. The Bertz CT molecular complexity index is 750. The first kappa shape index (κ1) is 12.2. The summed E-state index contributed by atoms with van der Waals surface area (Å²) in [5.41, 5.74) is 5.22. The third-order valence-electron chi connectivity index (χ3n) is 4.01. The molecule has 1 heteroatoms. The van der Waals surface area contributed by atoms with E-state index in [1.54, 1.807) is 0 Å². The molecule has 0 heterocycles. The summed E-state index contributed by atoms with van der Waals surface area (Å²) in [6.07, 6.45) is 0. The Kier molecular flexibility index (Phi) is 2.78. The summed E-state index contributed by atoms with van der Waals surface area (Å²) in [6, 6.07) is 25.1. The van der Waals surface area contributed by atoms with Crippen molar-refractivity contribution in [1.82, 2.24) is 0 Å². The normalized spacial score (nSPS) is 12.8. The van der Waals surface area contributed by atoms with Crippen molar-refractivity contribution in [3.05, 3.63) is 95.1 Å². The van der Waals surface area contributed by atoms with E-state index in [2.05, 4.69) is 49.4 Å². The molecule has 21 heavy (non-hydrogen) atoms. The lowest BCUT2D eigenvalue weighted by atomic mass is 9.73. The predicted molar refractivity (Wildman–Crippen MR) is 85.1 cm³/mol. The molecule has 0 atom stereocenters. The highest BCUT2D eigenvalue weighted by molar-refractivity contribution is 5.66. The number of para-hydroxylation sites is 1. The van der Waals surface area contributed by atoms with Gasteiger partial charge in [0, 0.05) is 17.0 Å². The molecule has 2 aliphatic carbocycles. The zero-order chi connectivity index (χ0) is 14.2. The Balaban J connectivity index is 1.72. The lowest BCUT2D eigenvalue weighted by Gasteiger charge is -2.34. The molecule has 0 unspecified atom stereocenters. The Hall–Kier alpha value is -2.54. The van der Waals surface area contributed by atoms with Crippen LogP contribution in [0.3, 0.4) is 0 Å². The Morgan fingerprint density at radius 1 is 0.762 bits per heavy atom. The van der Waals surface area contributed by atoms with Crippen molar-refractivity contribution in [3.8, 4) is 11.5 Å². The molecule has 0 aliphatic heterocycles. The van der Waals surface area contributed by atoms with Gasteiger partial charge >= 0.3 is 0 Å². The molecule has 0 N–H and O–H groups in total. The van der Waals surface area contributed by atoms with Gasteiger partial charge in [-0.3, -0.25) is 0 Å². The van der Waals surface area contributed by atoms with Crippen LogP contribution in [0, 0.1) is 6.92 Å². The van der Waals surface area contributed by atoms with Crippen LogP contribution in [0.4, 0.5) is 0 Å². The second-order valence-corrected chi connectivity index (χ2v) is 5.53. The van der Waals surface area contributed by atoms with Gasteiger partial charge in [0.1, 0.15) is 11.5 Å². The third kappa shape index (κ3) is 2.02. The molecule has 3 aromatic carbocycles. The number of hydrogen-bond donors (Lipinski definition) is 0. The minimum atomic E-state index is 0.369.